The van der Waals surface area contributed by atoms with Gasteiger partial charge in [-0.15, -0.1) is 0 Å². The van der Waals surface area contributed by atoms with E-state index in [9.17, 15) is 19.4 Å². The first-order chi connectivity index (χ1) is 8.10. The number of carbonyl (C=O) groups excluding carboxylic acids is 1. The van der Waals surface area contributed by atoms with Gasteiger partial charge in [0.25, 0.3) is 0 Å². The Bertz CT molecular complexity index is 387. The number of halogens is 1. The van der Waals surface area contributed by atoms with Gasteiger partial charge in [-0.2, -0.15) is 4.39 Å². The number of hydrogen-bond donors (Lipinski definition) is 3. The molecule has 0 radical (unpaired) electrons. The predicted molar refractivity (Wildman–Crippen MR) is 59.1 cm³/mol. The smallest absolute Gasteiger partial charge is 0.223 e. The third-order valence-corrected chi connectivity index (χ3v) is 2.41. The summed E-state index contributed by atoms with van der Waals surface area (Å²) in [6.45, 7) is 0.535. The highest BCUT2D eigenvalue weighted by Crippen LogP contribution is 2.19. The van der Waals surface area contributed by atoms with Gasteiger partial charge in [-0.05, 0) is 26.1 Å². The molecule has 6 heteroatoms. The van der Waals surface area contributed by atoms with Gasteiger partial charge in [-0.3, -0.25) is 4.79 Å². The maximum atomic E-state index is 12.9. The molecular weight excluding hydrogens is 227 g/mol. The summed E-state index contributed by atoms with van der Waals surface area (Å²) < 4.78 is 12.9. The summed E-state index contributed by atoms with van der Waals surface area (Å²) in [4.78, 5) is 13.9. The molecule has 3 N–H and O–H groups in total. The predicted octanol–water partition coefficient (Wildman–Crippen LogP) is 0.0370. The van der Waals surface area contributed by atoms with Crippen LogP contribution >= 0.6 is 0 Å². The average molecular weight is 242 g/mol. The van der Waals surface area contributed by atoms with Crippen molar-refractivity contribution in [3.8, 4) is 0 Å². The highest BCUT2D eigenvalue weighted by atomic mass is 19.1. The molecule has 1 aromatic rings. The van der Waals surface area contributed by atoms with E-state index in [4.69, 9.17) is 0 Å². The lowest BCUT2D eigenvalue weighted by Gasteiger charge is -2.17. The van der Waals surface area contributed by atoms with Crippen LogP contribution in [0, 0.1) is 5.95 Å². The van der Waals surface area contributed by atoms with Crippen molar-refractivity contribution in [3.05, 3.63) is 29.3 Å². The molecule has 0 bridgehead atoms. The zero-order chi connectivity index (χ0) is 12.8. The van der Waals surface area contributed by atoms with Gasteiger partial charge in [-0.1, -0.05) is 0 Å². The van der Waals surface area contributed by atoms with Crippen LogP contribution in [0.25, 0.3) is 0 Å². The van der Waals surface area contributed by atoms with Crippen LogP contribution in [0.1, 0.15) is 28.4 Å². The van der Waals surface area contributed by atoms with Gasteiger partial charge in [0.1, 0.15) is 6.10 Å². The molecule has 2 atom stereocenters. The largest absolute Gasteiger partial charge is 0.390 e. The van der Waals surface area contributed by atoms with Crippen LogP contribution < -0.4 is 5.32 Å². The van der Waals surface area contributed by atoms with E-state index < -0.39 is 18.2 Å². The quantitative estimate of drug-likeness (QED) is 0.484. The third-order valence-electron chi connectivity index (χ3n) is 2.41. The Morgan fingerprint density at radius 3 is 2.88 bits per heavy atom. The molecule has 0 aliphatic rings. The number of aliphatic hydroxyl groups excluding tert-OH is 2. The van der Waals surface area contributed by atoms with Crippen molar-refractivity contribution in [2.75, 3.05) is 13.6 Å². The van der Waals surface area contributed by atoms with Crippen LogP contribution in [0.5, 0.6) is 0 Å². The molecule has 94 valence electrons. The molecule has 0 aromatic carbocycles. The van der Waals surface area contributed by atoms with Gasteiger partial charge >= 0.3 is 0 Å². The van der Waals surface area contributed by atoms with Gasteiger partial charge in [0.15, 0.2) is 6.29 Å². The fraction of sp³-hybridized carbons (Fsp3) is 0.455. The summed E-state index contributed by atoms with van der Waals surface area (Å²) in [6.07, 6.45) is -0.413. The van der Waals surface area contributed by atoms with Gasteiger partial charge in [0.05, 0.1) is 11.7 Å². The van der Waals surface area contributed by atoms with Crippen LogP contribution in [0.3, 0.4) is 0 Å². The van der Waals surface area contributed by atoms with Crippen molar-refractivity contribution in [1.29, 1.82) is 0 Å². The first-order valence-corrected chi connectivity index (χ1v) is 5.21. The first kappa shape index (κ1) is 13.7. The maximum absolute atomic E-state index is 12.9. The number of nitrogens with one attached hydrogen (secondary N) is 1. The lowest BCUT2D eigenvalue weighted by atomic mass is 10.0. The molecule has 0 fully saturated rings. The minimum Gasteiger partial charge on any atom is -0.390 e. The Morgan fingerprint density at radius 2 is 2.29 bits per heavy atom. The van der Waals surface area contributed by atoms with E-state index in [2.05, 4.69) is 10.3 Å². The van der Waals surface area contributed by atoms with E-state index in [0.717, 1.165) is 6.20 Å². The maximum Gasteiger partial charge on any atom is 0.223 e. The average Bonchev–Trinajstić information content (AvgIpc) is 2.35. The van der Waals surface area contributed by atoms with Crippen LogP contribution in [0.15, 0.2) is 12.3 Å². The molecule has 17 heavy (non-hydrogen) atoms. The summed E-state index contributed by atoms with van der Waals surface area (Å²) in [5, 5.41) is 22.2. The number of pyridine rings is 1. The third kappa shape index (κ3) is 3.55. The Labute approximate surface area is 98.3 Å². The van der Waals surface area contributed by atoms with E-state index in [0.29, 0.717) is 19.3 Å². The monoisotopic (exact) mass is 242 g/mol. The van der Waals surface area contributed by atoms with Crippen LogP contribution in [-0.4, -0.2) is 41.2 Å². The lowest BCUT2D eigenvalue weighted by Crippen LogP contribution is -2.23. The molecule has 0 amide bonds. The van der Waals surface area contributed by atoms with Crippen molar-refractivity contribution in [3.63, 3.8) is 0 Å². The van der Waals surface area contributed by atoms with Crippen LogP contribution in [0.2, 0.25) is 0 Å². The molecule has 0 saturated carbocycles. The van der Waals surface area contributed by atoms with Crippen molar-refractivity contribution < 1.29 is 19.4 Å². The molecule has 0 aliphatic heterocycles. The Balaban J connectivity index is 2.81. The molecule has 0 spiro atoms. The zero-order valence-corrected chi connectivity index (χ0v) is 9.43. The molecule has 0 aliphatic carbocycles. The number of rotatable bonds is 6. The van der Waals surface area contributed by atoms with Crippen molar-refractivity contribution in [1.82, 2.24) is 10.3 Å². The minimum absolute atomic E-state index is 0.220. The number of hydrogen-bond acceptors (Lipinski definition) is 5. The van der Waals surface area contributed by atoms with E-state index >= 15 is 0 Å². The van der Waals surface area contributed by atoms with Crippen molar-refractivity contribution >= 4 is 6.29 Å². The second kappa shape index (κ2) is 6.39. The van der Waals surface area contributed by atoms with E-state index in [1.165, 1.54) is 6.07 Å². The topological polar surface area (TPSA) is 82.4 Å². The first-order valence-electron chi connectivity index (χ1n) is 5.21. The second-order valence-corrected chi connectivity index (χ2v) is 3.67. The van der Waals surface area contributed by atoms with Crippen LogP contribution in [0.4, 0.5) is 4.39 Å². The highest BCUT2D eigenvalue weighted by molar-refractivity contribution is 5.74. The van der Waals surface area contributed by atoms with Crippen molar-refractivity contribution in [2.45, 2.75) is 18.6 Å². The molecule has 1 aromatic heterocycles. The number of carbonyl (C=O) groups is 1. The molecular formula is C11H15FN2O3. The zero-order valence-electron chi connectivity index (χ0n) is 9.43. The molecule has 1 heterocycles. The Morgan fingerprint density at radius 1 is 1.59 bits per heavy atom. The Hall–Kier alpha value is -1.37. The fourth-order valence-corrected chi connectivity index (χ4v) is 1.40. The number of aliphatic hydroxyl groups is 2. The second-order valence-electron chi connectivity index (χ2n) is 3.67. The minimum atomic E-state index is -1.19. The fourth-order valence-electron chi connectivity index (χ4n) is 1.40. The summed E-state index contributed by atoms with van der Waals surface area (Å²) >= 11 is 0. The summed E-state index contributed by atoms with van der Waals surface area (Å²) in [5.74, 6) is -0.888. The normalized spacial score (nSPS) is 14.4. The number of aromatic nitrogens is 1. The SMILES string of the molecule is CNCCC(O)C(O)c1cnc(F)c(C=O)c1. The lowest BCUT2D eigenvalue weighted by molar-refractivity contribution is 0.0137. The van der Waals surface area contributed by atoms with Crippen LogP contribution in [-0.2, 0) is 0 Å². The molecule has 1 rings (SSSR count). The van der Waals surface area contributed by atoms with Gasteiger partial charge < -0.3 is 15.5 Å². The van der Waals surface area contributed by atoms with E-state index in [-0.39, 0.29) is 11.1 Å². The standard InChI is InChI=1S/C11H15FN2O3/c1-13-3-2-9(16)10(17)7-4-8(6-15)11(12)14-5-7/h4-6,9-10,13,16-17H,2-3H2,1H3. The molecule has 2 unspecified atom stereocenters. The summed E-state index contributed by atoms with van der Waals surface area (Å²) in [6, 6.07) is 1.18. The molecule has 0 saturated heterocycles. The summed E-state index contributed by atoms with van der Waals surface area (Å²) in [5.41, 5.74) is -0.0144. The van der Waals surface area contributed by atoms with E-state index in [1.54, 1.807) is 7.05 Å². The van der Waals surface area contributed by atoms with Gasteiger partial charge in [0.2, 0.25) is 5.95 Å². The van der Waals surface area contributed by atoms with E-state index in [1.807, 2.05) is 0 Å². The number of nitrogens with zero attached hydrogens (tertiary/aromatic N) is 1. The highest BCUT2D eigenvalue weighted by Gasteiger charge is 2.19. The number of aldehydes is 1. The van der Waals surface area contributed by atoms with Crippen molar-refractivity contribution in [2.24, 2.45) is 0 Å². The Kier molecular flexibility index (Phi) is 5.14. The van der Waals surface area contributed by atoms with Gasteiger partial charge in [0, 0.05) is 11.8 Å². The van der Waals surface area contributed by atoms with Gasteiger partial charge in [-0.25, -0.2) is 4.98 Å². The summed E-state index contributed by atoms with van der Waals surface area (Å²) in [7, 11) is 1.73. The molecule has 5 nitrogen and oxygen atoms in total.